The number of nitrogens with zero attached hydrogens (tertiary/aromatic N) is 3. The highest BCUT2D eigenvalue weighted by Crippen LogP contribution is 2.35. The number of carboxylic acids is 1. The summed E-state index contributed by atoms with van der Waals surface area (Å²) in [5, 5.41) is 13.1. The molecular formula is C28H27F3N4O2. The van der Waals surface area contributed by atoms with Gasteiger partial charge in [0.1, 0.15) is 11.3 Å². The molecule has 0 unspecified atom stereocenters. The van der Waals surface area contributed by atoms with Crippen LogP contribution in [0.4, 0.5) is 19.0 Å². The second-order valence-electron chi connectivity index (χ2n) is 9.74. The zero-order valence-electron chi connectivity index (χ0n) is 20.5. The Morgan fingerprint density at radius 3 is 2.46 bits per heavy atom. The van der Waals surface area contributed by atoms with E-state index < -0.39 is 17.7 Å². The number of nitrogens with one attached hydrogen (secondary N) is 1. The monoisotopic (exact) mass is 508 g/mol. The average Bonchev–Trinajstić information content (AvgIpc) is 3.16. The van der Waals surface area contributed by atoms with Crippen molar-refractivity contribution in [1.29, 1.82) is 0 Å². The zero-order chi connectivity index (χ0) is 26.3. The molecule has 0 spiro atoms. The van der Waals surface area contributed by atoms with Gasteiger partial charge in [-0.25, -0.2) is 14.8 Å². The van der Waals surface area contributed by atoms with E-state index in [4.69, 9.17) is 4.98 Å². The third-order valence-electron chi connectivity index (χ3n) is 7.06. The second-order valence-corrected chi connectivity index (χ2v) is 9.74. The van der Waals surface area contributed by atoms with Gasteiger partial charge in [-0.05, 0) is 62.4 Å². The van der Waals surface area contributed by atoms with Crippen molar-refractivity contribution in [2.75, 3.05) is 5.32 Å². The smallest absolute Gasteiger partial charge is 0.416 e. The number of alkyl halides is 3. The number of halogens is 3. The van der Waals surface area contributed by atoms with E-state index in [2.05, 4.69) is 17.2 Å². The first kappa shape index (κ1) is 24.8. The number of aryl methyl sites for hydroxylation is 1. The van der Waals surface area contributed by atoms with Crippen molar-refractivity contribution >= 4 is 22.8 Å². The molecule has 0 radical (unpaired) electrons. The number of aromatic carboxylic acids is 1. The lowest BCUT2D eigenvalue weighted by Crippen LogP contribution is -2.31. The maximum absolute atomic E-state index is 13.1. The Kier molecular flexibility index (Phi) is 6.39. The number of pyridine rings is 1. The molecule has 0 amide bonds. The molecule has 37 heavy (non-hydrogen) atoms. The van der Waals surface area contributed by atoms with Crippen LogP contribution in [0, 0.1) is 12.8 Å². The molecule has 1 aliphatic carbocycles. The normalized spacial score (nSPS) is 14.9. The van der Waals surface area contributed by atoms with Crippen molar-refractivity contribution in [2.24, 2.45) is 5.92 Å². The van der Waals surface area contributed by atoms with E-state index in [0.717, 1.165) is 42.5 Å². The van der Waals surface area contributed by atoms with Crippen LogP contribution in [0.15, 0.2) is 54.6 Å². The topological polar surface area (TPSA) is 80.0 Å². The Balaban J connectivity index is 1.68. The fourth-order valence-electron chi connectivity index (χ4n) is 4.78. The van der Waals surface area contributed by atoms with Crippen LogP contribution in [-0.2, 0) is 12.7 Å². The molecule has 4 aromatic rings. The van der Waals surface area contributed by atoms with Gasteiger partial charge in [0.15, 0.2) is 11.5 Å². The van der Waals surface area contributed by atoms with Crippen LogP contribution in [0.5, 0.6) is 0 Å². The quantitative estimate of drug-likeness (QED) is 0.288. The molecule has 0 aliphatic heterocycles. The van der Waals surface area contributed by atoms with Gasteiger partial charge in [0.2, 0.25) is 0 Å². The van der Waals surface area contributed by atoms with Gasteiger partial charge in [-0.15, -0.1) is 0 Å². The minimum absolute atomic E-state index is 0.0744. The highest BCUT2D eigenvalue weighted by Gasteiger charge is 2.30. The predicted molar refractivity (Wildman–Crippen MR) is 136 cm³/mol. The molecule has 9 heteroatoms. The fraction of sp³-hybridized carbons (Fsp3) is 0.321. The Hall–Kier alpha value is -3.88. The van der Waals surface area contributed by atoms with Crippen LogP contribution in [0.1, 0.15) is 53.4 Å². The molecule has 5 rings (SSSR count). The second kappa shape index (κ2) is 9.53. The molecule has 2 aromatic carbocycles. The van der Waals surface area contributed by atoms with Gasteiger partial charge in [0, 0.05) is 18.2 Å². The average molecular weight is 509 g/mol. The van der Waals surface area contributed by atoms with Crippen LogP contribution in [0.3, 0.4) is 0 Å². The summed E-state index contributed by atoms with van der Waals surface area (Å²) < 4.78 is 41.3. The van der Waals surface area contributed by atoms with Gasteiger partial charge >= 0.3 is 12.1 Å². The van der Waals surface area contributed by atoms with Crippen molar-refractivity contribution in [2.45, 2.75) is 51.9 Å². The maximum atomic E-state index is 13.1. The highest BCUT2D eigenvalue weighted by molar-refractivity contribution is 5.96. The molecule has 2 heterocycles. The standard InChI is InChI=1S/C28H27F3N4O2/c1-16-5-3-8-20(13-16)26-34-22-14-23(27(36)37)33-25(32-17(2)19-6-4-7-19)24(22)35(26)15-18-9-11-21(12-10-18)28(29,30)31/h3,5,8-14,17,19H,4,6-7,15H2,1-2H3,(H,32,33)(H,36,37)/t17-/m1/s1. The minimum atomic E-state index is -4.42. The van der Waals surface area contributed by atoms with Crippen LogP contribution >= 0.6 is 0 Å². The van der Waals surface area contributed by atoms with E-state index in [1.54, 1.807) is 0 Å². The van der Waals surface area contributed by atoms with Crippen LogP contribution in [0.2, 0.25) is 0 Å². The van der Waals surface area contributed by atoms with Crippen molar-refractivity contribution in [3.8, 4) is 11.4 Å². The van der Waals surface area contributed by atoms with Gasteiger partial charge in [-0.1, -0.05) is 42.3 Å². The van der Waals surface area contributed by atoms with Gasteiger partial charge in [-0.3, -0.25) is 0 Å². The Morgan fingerprint density at radius 2 is 1.86 bits per heavy atom. The largest absolute Gasteiger partial charge is 0.477 e. The first-order valence-corrected chi connectivity index (χ1v) is 12.2. The lowest BCUT2D eigenvalue weighted by molar-refractivity contribution is -0.137. The van der Waals surface area contributed by atoms with Crippen LogP contribution in [0.25, 0.3) is 22.4 Å². The predicted octanol–water partition coefficient (Wildman–Crippen LogP) is 6.77. The summed E-state index contributed by atoms with van der Waals surface area (Å²) >= 11 is 0. The summed E-state index contributed by atoms with van der Waals surface area (Å²) in [7, 11) is 0. The van der Waals surface area contributed by atoms with Crippen molar-refractivity contribution in [1.82, 2.24) is 14.5 Å². The molecular weight excluding hydrogens is 481 g/mol. The molecule has 1 saturated carbocycles. The third-order valence-corrected chi connectivity index (χ3v) is 7.06. The zero-order valence-corrected chi connectivity index (χ0v) is 20.5. The fourth-order valence-corrected chi connectivity index (χ4v) is 4.78. The van der Waals surface area contributed by atoms with Crippen molar-refractivity contribution in [3.05, 3.63) is 77.0 Å². The number of carboxylic acid groups (broad SMARTS) is 1. The van der Waals surface area contributed by atoms with Crippen LogP contribution in [-0.4, -0.2) is 31.7 Å². The summed E-state index contributed by atoms with van der Waals surface area (Å²) in [6.07, 6.45) is -1.07. The van der Waals surface area contributed by atoms with E-state index >= 15 is 0 Å². The van der Waals surface area contributed by atoms with E-state index in [9.17, 15) is 23.1 Å². The van der Waals surface area contributed by atoms with E-state index in [0.29, 0.717) is 34.2 Å². The van der Waals surface area contributed by atoms with E-state index in [1.165, 1.54) is 18.2 Å². The summed E-state index contributed by atoms with van der Waals surface area (Å²) in [5.41, 5.74) is 2.74. The minimum Gasteiger partial charge on any atom is -0.477 e. The molecule has 2 aromatic heterocycles. The van der Waals surface area contributed by atoms with Gasteiger partial charge in [0.25, 0.3) is 0 Å². The number of carbonyl (C=O) groups is 1. The Morgan fingerprint density at radius 1 is 1.14 bits per heavy atom. The van der Waals surface area contributed by atoms with E-state index in [-0.39, 0.29) is 18.3 Å². The molecule has 2 N–H and O–H groups in total. The Bertz CT molecular complexity index is 1460. The number of anilines is 1. The number of benzene rings is 2. The number of imidazole rings is 1. The SMILES string of the molecule is Cc1cccc(-c2nc3cc(C(=O)O)nc(N[C@H](C)C4CCC4)c3n2Cc2ccc(C(F)(F)F)cc2)c1. The summed E-state index contributed by atoms with van der Waals surface area (Å²) in [6.45, 7) is 4.26. The molecule has 1 atom stereocenters. The number of rotatable bonds is 7. The summed E-state index contributed by atoms with van der Waals surface area (Å²) in [6, 6.07) is 14.3. The number of hydrogen-bond donors (Lipinski definition) is 2. The van der Waals surface area contributed by atoms with Gasteiger partial charge in [0.05, 0.1) is 11.1 Å². The third kappa shape index (κ3) is 5.03. The van der Waals surface area contributed by atoms with Crippen LogP contribution < -0.4 is 5.32 Å². The summed E-state index contributed by atoms with van der Waals surface area (Å²) in [5.74, 6) is 0.304. The highest BCUT2D eigenvalue weighted by atomic mass is 19.4. The summed E-state index contributed by atoms with van der Waals surface area (Å²) in [4.78, 5) is 21.1. The first-order valence-electron chi connectivity index (χ1n) is 12.2. The van der Waals surface area contributed by atoms with Gasteiger partial charge in [-0.2, -0.15) is 13.2 Å². The molecule has 1 fully saturated rings. The molecule has 0 bridgehead atoms. The molecule has 6 nitrogen and oxygen atoms in total. The first-order chi connectivity index (χ1) is 17.6. The van der Waals surface area contributed by atoms with Crippen molar-refractivity contribution < 1.29 is 23.1 Å². The molecule has 0 saturated heterocycles. The van der Waals surface area contributed by atoms with Crippen molar-refractivity contribution in [3.63, 3.8) is 0 Å². The molecule has 1 aliphatic rings. The lowest BCUT2D eigenvalue weighted by Gasteiger charge is -2.32. The molecule has 192 valence electrons. The number of hydrogen-bond acceptors (Lipinski definition) is 4. The lowest BCUT2D eigenvalue weighted by atomic mass is 9.80. The Labute approximate surface area is 212 Å². The maximum Gasteiger partial charge on any atom is 0.416 e. The number of aromatic nitrogens is 3. The van der Waals surface area contributed by atoms with Gasteiger partial charge < -0.3 is 15.0 Å². The van der Waals surface area contributed by atoms with E-state index in [1.807, 2.05) is 35.8 Å². The number of fused-ring (bicyclic) bond motifs is 1.